The van der Waals surface area contributed by atoms with Gasteiger partial charge in [0.1, 0.15) is 13.2 Å². The van der Waals surface area contributed by atoms with Crippen molar-refractivity contribution >= 4 is 7.37 Å². The second-order valence-corrected chi connectivity index (χ2v) is 18.5. The first-order chi connectivity index (χ1) is 21.8. The van der Waals surface area contributed by atoms with Crippen LogP contribution in [-0.2, 0) is 9.09 Å². The second-order valence-electron chi connectivity index (χ2n) is 15.7. The SMILES string of the molecule is CCCCCCCCCCCCCCCCCCP(=O)(CCCCCCCCCCCCCCCCCC)OCC[N+](C)(C)C. The van der Waals surface area contributed by atoms with E-state index in [1.54, 1.807) is 0 Å². The lowest BCUT2D eigenvalue weighted by molar-refractivity contribution is -0.870. The van der Waals surface area contributed by atoms with Crippen LogP contribution in [0, 0.1) is 0 Å². The minimum Gasteiger partial charge on any atom is -0.329 e. The van der Waals surface area contributed by atoms with Gasteiger partial charge in [-0.3, -0.25) is 4.57 Å². The first kappa shape index (κ1) is 45.2. The summed E-state index contributed by atoms with van der Waals surface area (Å²) in [6.45, 7) is 6.16. The van der Waals surface area contributed by atoms with E-state index in [1.165, 1.54) is 193 Å². The molecule has 0 rings (SSSR count). The van der Waals surface area contributed by atoms with Crippen molar-refractivity contribution in [3.8, 4) is 0 Å². The molecule has 0 radical (unpaired) electrons. The van der Waals surface area contributed by atoms with E-state index in [9.17, 15) is 4.57 Å². The highest BCUT2D eigenvalue weighted by Crippen LogP contribution is 2.48. The van der Waals surface area contributed by atoms with Crippen LogP contribution in [0.5, 0.6) is 0 Å². The van der Waals surface area contributed by atoms with Gasteiger partial charge in [-0.2, -0.15) is 0 Å². The Balaban J connectivity index is 3.85. The van der Waals surface area contributed by atoms with E-state index in [4.69, 9.17) is 4.52 Å². The lowest BCUT2D eigenvalue weighted by Crippen LogP contribution is -2.37. The number of rotatable bonds is 38. The van der Waals surface area contributed by atoms with Gasteiger partial charge in [0.2, 0.25) is 7.37 Å². The van der Waals surface area contributed by atoms with Crippen molar-refractivity contribution in [1.82, 2.24) is 0 Å². The molecule has 0 saturated carbocycles. The monoisotopic (exact) mass is 657 g/mol. The summed E-state index contributed by atoms with van der Waals surface area (Å²) in [4.78, 5) is 0. The van der Waals surface area contributed by atoms with Gasteiger partial charge in [0.15, 0.2) is 0 Å². The maximum absolute atomic E-state index is 13.8. The summed E-state index contributed by atoms with van der Waals surface area (Å²) >= 11 is 0. The van der Waals surface area contributed by atoms with E-state index in [1.807, 2.05) is 0 Å². The van der Waals surface area contributed by atoms with Gasteiger partial charge in [-0.25, -0.2) is 0 Å². The van der Waals surface area contributed by atoms with Gasteiger partial charge in [0, 0.05) is 12.3 Å². The zero-order valence-corrected chi connectivity index (χ0v) is 33.1. The van der Waals surface area contributed by atoms with Crippen LogP contribution < -0.4 is 0 Å². The average molecular weight is 657 g/mol. The topological polar surface area (TPSA) is 26.3 Å². The molecular weight excluding hydrogens is 569 g/mol. The second kappa shape index (κ2) is 34.0. The fourth-order valence-electron chi connectivity index (χ4n) is 6.52. The Morgan fingerprint density at radius 3 is 0.822 bits per heavy atom. The average Bonchev–Trinajstić information content (AvgIpc) is 3.00. The largest absolute Gasteiger partial charge is 0.329 e. The van der Waals surface area contributed by atoms with Crippen molar-refractivity contribution in [2.75, 3.05) is 46.6 Å². The summed E-state index contributed by atoms with van der Waals surface area (Å²) in [6, 6.07) is 0. The number of hydrogen-bond acceptors (Lipinski definition) is 2. The van der Waals surface area contributed by atoms with Gasteiger partial charge in [-0.15, -0.1) is 0 Å². The summed E-state index contributed by atoms with van der Waals surface area (Å²) in [6.07, 6.45) is 45.7. The van der Waals surface area contributed by atoms with Gasteiger partial charge in [-0.05, 0) is 12.8 Å². The summed E-state index contributed by atoms with van der Waals surface area (Å²) in [5.41, 5.74) is 0. The van der Waals surface area contributed by atoms with Crippen molar-refractivity contribution in [2.45, 2.75) is 219 Å². The normalized spacial score (nSPS) is 12.4. The molecule has 0 N–H and O–H groups in total. The third kappa shape index (κ3) is 36.8. The van der Waals surface area contributed by atoms with Crippen LogP contribution in [0.4, 0.5) is 0 Å². The first-order valence-corrected chi connectivity index (χ1v) is 22.9. The van der Waals surface area contributed by atoms with E-state index in [-0.39, 0.29) is 0 Å². The Labute approximate surface area is 286 Å². The molecule has 272 valence electrons. The molecule has 0 saturated heterocycles. The van der Waals surface area contributed by atoms with Crippen molar-refractivity contribution in [3.63, 3.8) is 0 Å². The molecule has 0 fully saturated rings. The van der Waals surface area contributed by atoms with Crippen molar-refractivity contribution in [2.24, 2.45) is 0 Å². The maximum Gasteiger partial charge on any atom is 0.203 e. The van der Waals surface area contributed by atoms with Gasteiger partial charge < -0.3 is 9.01 Å². The highest BCUT2D eigenvalue weighted by molar-refractivity contribution is 7.58. The molecule has 0 aromatic carbocycles. The summed E-state index contributed by atoms with van der Waals surface area (Å²) < 4.78 is 20.8. The van der Waals surface area contributed by atoms with Crippen LogP contribution in [0.2, 0.25) is 0 Å². The van der Waals surface area contributed by atoms with Crippen LogP contribution in [0.1, 0.15) is 219 Å². The van der Waals surface area contributed by atoms with Gasteiger partial charge in [0.25, 0.3) is 0 Å². The van der Waals surface area contributed by atoms with Crippen LogP contribution in [-0.4, -0.2) is 51.1 Å². The molecule has 0 aromatic heterocycles. The molecule has 0 amide bonds. The molecule has 4 heteroatoms. The fraction of sp³-hybridized carbons (Fsp3) is 1.00. The van der Waals surface area contributed by atoms with E-state index in [0.717, 1.165) is 36.2 Å². The van der Waals surface area contributed by atoms with Crippen LogP contribution in [0.3, 0.4) is 0 Å². The third-order valence-electron chi connectivity index (χ3n) is 9.79. The number of nitrogens with zero attached hydrogens (tertiary/aromatic N) is 1. The Bertz CT molecular complexity index is 577. The van der Waals surface area contributed by atoms with Crippen molar-refractivity contribution in [3.05, 3.63) is 0 Å². The Morgan fingerprint density at radius 2 is 0.600 bits per heavy atom. The van der Waals surface area contributed by atoms with E-state index in [2.05, 4.69) is 35.0 Å². The van der Waals surface area contributed by atoms with Gasteiger partial charge in [-0.1, -0.05) is 206 Å². The van der Waals surface area contributed by atoms with Crippen molar-refractivity contribution < 1.29 is 13.6 Å². The lowest BCUT2D eigenvalue weighted by Gasteiger charge is -2.25. The first-order valence-electron chi connectivity index (χ1n) is 20.9. The van der Waals surface area contributed by atoms with Crippen molar-refractivity contribution in [1.29, 1.82) is 0 Å². The molecular formula is C41H87NO2P+. The molecule has 0 heterocycles. The maximum atomic E-state index is 13.8. The van der Waals surface area contributed by atoms with Crippen LogP contribution >= 0.6 is 7.37 Å². The number of quaternary nitrogens is 1. The number of hydrogen-bond donors (Lipinski definition) is 0. The lowest BCUT2D eigenvalue weighted by atomic mass is 10.0. The highest BCUT2D eigenvalue weighted by Gasteiger charge is 2.23. The minimum absolute atomic E-state index is 0.637. The zero-order valence-electron chi connectivity index (χ0n) is 32.2. The number of likely N-dealkylation sites (N-methyl/N-ethyl adjacent to an activating group) is 1. The molecule has 0 atom stereocenters. The van der Waals surface area contributed by atoms with Crippen LogP contribution in [0.15, 0.2) is 0 Å². The Morgan fingerprint density at radius 1 is 0.378 bits per heavy atom. The van der Waals surface area contributed by atoms with Gasteiger partial charge >= 0.3 is 0 Å². The third-order valence-corrected chi connectivity index (χ3v) is 12.4. The standard InChI is InChI=1S/C41H87NO2P/c1-6-8-10-12-14-16-18-20-22-24-26-28-30-32-34-36-40-45(43,44-39-38-42(3,4)5)41-37-35-33-31-29-27-25-23-21-19-17-15-13-11-9-7-2/h6-41H2,1-5H3/q+1. The molecule has 0 unspecified atom stereocenters. The Kier molecular flexibility index (Phi) is 34.1. The summed E-state index contributed by atoms with van der Waals surface area (Å²) in [5, 5.41) is 0. The minimum atomic E-state index is -2.49. The molecule has 3 nitrogen and oxygen atoms in total. The fourth-order valence-corrected chi connectivity index (χ4v) is 8.83. The molecule has 0 bridgehead atoms. The predicted molar refractivity (Wildman–Crippen MR) is 205 cm³/mol. The zero-order chi connectivity index (χ0) is 33.2. The van der Waals surface area contributed by atoms with Gasteiger partial charge in [0.05, 0.1) is 21.1 Å². The molecule has 0 spiro atoms. The summed E-state index contributed by atoms with van der Waals surface area (Å²) in [7, 11) is 4.09. The predicted octanol–water partition coefficient (Wildman–Crippen LogP) is 14.5. The number of unbranched alkanes of at least 4 members (excludes halogenated alkanes) is 30. The highest BCUT2D eigenvalue weighted by atomic mass is 31.2. The molecule has 0 aliphatic carbocycles. The molecule has 0 aromatic rings. The molecule has 0 aliphatic heterocycles. The molecule has 45 heavy (non-hydrogen) atoms. The van der Waals surface area contributed by atoms with E-state index < -0.39 is 7.37 Å². The smallest absolute Gasteiger partial charge is 0.203 e. The van der Waals surface area contributed by atoms with E-state index in [0.29, 0.717) is 6.61 Å². The molecule has 0 aliphatic rings. The summed E-state index contributed by atoms with van der Waals surface area (Å²) in [5.74, 6) is 0. The van der Waals surface area contributed by atoms with E-state index >= 15 is 0 Å². The Hall–Kier alpha value is 0.150. The quantitative estimate of drug-likeness (QED) is 0.0375. The van der Waals surface area contributed by atoms with Crippen LogP contribution in [0.25, 0.3) is 0 Å².